The van der Waals surface area contributed by atoms with Crippen LogP contribution in [0.2, 0.25) is 0 Å². The number of carbonyl (C=O) groups is 3. The van der Waals surface area contributed by atoms with E-state index < -0.39 is 24.0 Å². The van der Waals surface area contributed by atoms with E-state index in [0.717, 1.165) is 22.3 Å². The zero-order chi connectivity index (χ0) is 23.4. The summed E-state index contributed by atoms with van der Waals surface area (Å²) in [6, 6.07) is 16.5. The average molecular weight is 449 g/mol. The maximum Gasteiger partial charge on any atom is 0.407 e. The van der Waals surface area contributed by atoms with Crippen molar-refractivity contribution in [2.45, 2.75) is 31.8 Å². The van der Waals surface area contributed by atoms with E-state index in [9.17, 15) is 14.4 Å². The number of carboxylic acid groups (broad SMARTS) is 1. The van der Waals surface area contributed by atoms with Gasteiger partial charge in [-0.1, -0.05) is 60.6 Å². The van der Waals surface area contributed by atoms with Gasteiger partial charge in [-0.05, 0) is 28.7 Å². The number of carbonyl (C=O) groups excluding carboxylic acids is 2. The van der Waals surface area contributed by atoms with Gasteiger partial charge in [0, 0.05) is 12.0 Å². The van der Waals surface area contributed by atoms with Crippen LogP contribution >= 0.6 is 0 Å². The molecule has 3 N–H and O–H groups in total. The van der Waals surface area contributed by atoms with Gasteiger partial charge in [0.25, 0.3) is 0 Å². The molecule has 9 nitrogen and oxygen atoms in total. The third-order valence-corrected chi connectivity index (χ3v) is 5.58. The summed E-state index contributed by atoms with van der Waals surface area (Å²) in [6.45, 7) is 1.85. The Morgan fingerprint density at radius 1 is 1.09 bits per heavy atom. The Hall–Kier alpha value is -4.14. The fourth-order valence-corrected chi connectivity index (χ4v) is 3.93. The fourth-order valence-electron chi connectivity index (χ4n) is 3.93. The molecule has 0 spiro atoms. The van der Waals surface area contributed by atoms with Gasteiger partial charge >= 0.3 is 12.1 Å². The Labute approximate surface area is 189 Å². The van der Waals surface area contributed by atoms with Crippen molar-refractivity contribution in [3.8, 4) is 11.1 Å². The summed E-state index contributed by atoms with van der Waals surface area (Å²) >= 11 is 0. The summed E-state index contributed by atoms with van der Waals surface area (Å²) in [5, 5.41) is 17.4. The van der Waals surface area contributed by atoms with Crippen molar-refractivity contribution in [2.75, 3.05) is 6.61 Å². The van der Waals surface area contributed by atoms with E-state index in [1.807, 2.05) is 36.4 Å². The van der Waals surface area contributed by atoms with E-state index >= 15 is 0 Å². The van der Waals surface area contributed by atoms with Crippen LogP contribution in [0.4, 0.5) is 4.79 Å². The van der Waals surface area contributed by atoms with E-state index in [4.69, 9.17) is 14.4 Å². The Balaban J connectivity index is 1.33. The van der Waals surface area contributed by atoms with Crippen LogP contribution in [0, 0.1) is 0 Å². The minimum absolute atomic E-state index is 0.0536. The number of rotatable bonds is 8. The van der Waals surface area contributed by atoms with Crippen LogP contribution in [-0.2, 0) is 16.1 Å². The zero-order valence-corrected chi connectivity index (χ0v) is 17.9. The van der Waals surface area contributed by atoms with Crippen molar-refractivity contribution < 1.29 is 28.8 Å². The van der Waals surface area contributed by atoms with E-state index in [1.165, 1.54) is 6.07 Å². The monoisotopic (exact) mass is 449 g/mol. The molecule has 0 fully saturated rings. The van der Waals surface area contributed by atoms with Gasteiger partial charge in [0.15, 0.2) is 11.5 Å². The molecule has 1 aliphatic carbocycles. The summed E-state index contributed by atoms with van der Waals surface area (Å²) in [6.07, 6.45) is -0.348. The Bertz CT molecular complexity index is 1140. The molecule has 0 radical (unpaired) electrons. The zero-order valence-electron chi connectivity index (χ0n) is 17.9. The smallest absolute Gasteiger partial charge is 0.407 e. The van der Waals surface area contributed by atoms with Crippen LogP contribution in [0.15, 0.2) is 59.1 Å². The predicted octanol–water partition coefficient (Wildman–Crippen LogP) is 3.31. The molecule has 2 aromatic carbocycles. The van der Waals surface area contributed by atoms with Crippen molar-refractivity contribution in [3.63, 3.8) is 0 Å². The molecular formula is C24H23N3O6. The fraction of sp³-hybridized carbons (Fsp3) is 0.250. The number of benzene rings is 2. The molecule has 1 aromatic heterocycles. The maximum atomic E-state index is 12.5. The largest absolute Gasteiger partial charge is 0.476 e. The summed E-state index contributed by atoms with van der Waals surface area (Å²) in [7, 11) is 0. The molecule has 0 unspecified atom stereocenters. The Kier molecular flexibility index (Phi) is 6.39. The lowest BCUT2D eigenvalue weighted by Crippen LogP contribution is -2.46. The Morgan fingerprint density at radius 2 is 1.73 bits per heavy atom. The minimum Gasteiger partial charge on any atom is -0.476 e. The van der Waals surface area contributed by atoms with E-state index in [0.29, 0.717) is 6.42 Å². The number of alkyl carbamates (subject to hydrolysis) is 1. The third-order valence-electron chi connectivity index (χ3n) is 5.58. The number of aromatic nitrogens is 1. The number of nitrogens with one attached hydrogen (secondary N) is 2. The molecule has 33 heavy (non-hydrogen) atoms. The normalized spacial score (nSPS) is 13.0. The van der Waals surface area contributed by atoms with Crippen LogP contribution in [0.1, 0.15) is 46.6 Å². The summed E-state index contributed by atoms with van der Waals surface area (Å²) in [5.41, 5.74) is 4.22. The van der Waals surface area contributed by atoms with Crippen molar-refractivity contribution >= 4 is 18.0 Å². The van der Waals surface area contributed by atoms with Crippen molar-refractivity contribution in [3.05, 3.63) is 77.2 Å². The van der Waals surface area contributed by atoms with Crippen molar-refractivity contribution in [2.24, 2.45) is 0 Å². The lowest BCUT2D eigenvalue weighted by atomic mass is 9.98. The number of hydrogen-bond acceptors (Lipinski definition) is 6. The second-order valence-corrected chi connectivity index (χ2v) is 7.63. The van der Waals surface area contributed by atoms with Crippen LogP contribution in [0.25, 0.3) is 11.1 Å². The quantitative estimate of drug-likeness (QED) is 0.481. The van der Waals surface area contributed by atoms with E-state index in [-0.39, 0.29) is 30.5 Å². The summed E-state index contributed by atoms with van der Waals surface area (Å²) in [4.78, 5) is 35.7. The van der Waals surface area contributed by atoms with Gasteiger partial charge in [0.2, 0.25) is 5.91 Å². The molecule has 9 heteroatoms. The molecule has 2 amide bonds. The summed E-state index contributed by atoms with van der Waals surface area (Å²) in [5.74, 6) is -1.55. The number of amides is 2. The predicted molar refractivity (Wildman–Crippen MR) is 118 cm³/mol. The first-order valence-electron chi connectivity index (χ1n) is 10.6. The number of hydrogen-bond donors (Lipinski definition) is 3. The summed E-state index contributed by atoms with van der Waals surface area (Å²) < 4.78 is 10.4. The van der Waals surface area contributed by atoms with Gasteiger partial charge in [-0.15, -0.1) is 0 Å². The molecule has 0 saturated heterocycles. The molecule has 4 rings (SSSR count). The number of carboxylic acids is 1. The molecule has 3 aromatic rings. The van der Waals surface area contributed by atoms with Gasteiger partial charge < -0.3 is 25.0 Å². The molecule has 0 aliphatic heterocycles. The molecule has 1 aliphatic rings. The lowest BCUT2D eigenvalue weighted by molar-refractivity contribution is -0.123. The van der Waals surface area contributed by atoms with Crippen LogP contribution in [0.3, 0.4) is 0 Å². The first-order valence-corrected chi connectivity index (χ1v) is 10.6. The van der Waals surface area contributed by atoms with Gasteiger partial charge in [-0.3, -0.25) is 4.79 Å². The average Bonchev–Trinajstić information content (AvgIpc) is 3.43. The van der Waals surface area contributed by atoms with Crippen LogP contribution in [0.5, 0.6) is 0 Å². The SMILES string of the molecule is CC[C@H](NC(=O)OCC1c2ccccc2-c2ccccc21)C(=O)NCc1cc(C(=O)O)no1. The van der Waals surface area contributed by atoms with Crippen LogP contribution < -0.4 is 10.6 Å². The first-order chi connectivity index (χ1) is 16.0. The second kappa shape index (κ2) is 9.56. The number of fused-ring (bicyclic) bond motifs is 3. The first kappa shape index (κ1) is 22.1. The number of aromatic carboxylic acids is 1. The van der Waals surface area contributed by atoms with Crippen molar-refractivity contribution in [1.29, 1.82) is 0 Å². The standard InChI is InChI=1S/C24H23N3O6/c1-2-20(22(28)25-12-14-11-21(23(29)30)27-33-14)26-24(31)32-13-19-17-9-5-3-7-15(17)16-8-4-6-10-18(16)19/h3-11,19-20H,2,12-13H2,1H3,(H,25,28)(H,26,31)(H,29,30)/t20-/m0/s1. The highest BCUT2D eigenvalue weighted by Gasteiger charge is 2.29. The van der Waals surface area contributed by atoms with Gasteiger partial charge in [0.05, 0.1) is 6.54 Å². The van der Waals surface area contributed by atoms with Gasteiger partial charge in [-0.25, -0.2) is 9.59 Å². The lowest BCUT2D eigenvalue weighted by Gasteiger charge is -2.18. The third kappa shape index (κ3) is 4.72. The molecule has 1 heterocycles. The Morgan fingerprint density at radius 3 is 2.30 bits per heavy atom. The van der Waals surface area contributed by atoms with Crippen molar-refractivity contribution in [1.82, 2.24) is 15.8 Å². The molecular weight excluding hydrogens is 426 g/mol. The van der Waals surface area contributed by atoms with E-state index in [1.54, 1.807) is 6.92 Å². The molecule has 170 valence electrons. The minimum atomic E-state index is -1.22. The highest BCUT2D eigenvalue weighted by Crippen LogP contribution is 2.44. The number of nitrogens with zero attached hydrogens (tertiary/aromatic N) is 1. The number of ether oxygens (including phenoxy) is 1. The molecule has 0 bridgehead atoms. The van der Waals surface area contributed by atoms with Crippen LogP contribution in [-0.4, -0.2) is 40.9 Å². The second-order valence-electron chi connectivity index (χ2n) is 7.63. The highest BCUT2D eigenvalue weighted by atomic mass is 16.5. The van der Waals surface area contributed by atoms with E-state index in [2.05, 4.69) is 27.9 Å². The topological polar surface area (TPSA) is 131 Å². The highest BCUT2D eigenvalue weighted by molar-refractivity contribution is 5.86. The van der Waals surface area contributed by atoms with Gasteiger partial charge in [-0.2, -0.15) is 0 Å². The molecule has 1 atom stereocenters. The molecule has 0 saturated carbocycles. The maximum absolute atomic E-state index is 12.5. The van der Waals surface area contributed by atoms with Gasteiger partial charge in [0.1, 0.15) is 12.6 Å².